The minimum atomic E-state index is -3.03. The third-order valence-electron chi connectivity index (χ3n) is 2.12. The van der Waals surface area contributed by atoms with Gasteiger partial charge in [0, 0.05) is 5.56 Å². The molecule has 100 valence electrons. The summed E-state index contributed by atoms with van der Waals surface area (Å²) in [5.74, 6) is -0.798. The average Bonchev–Trinajstić information content (AvgIpc) is 2.36. The second kappa shape index (κ2) is 6.35. The van der Waals surface area contributed by atoms with Crippen molar-refractivity contribution >= 4 is 12.0 Å². The molecule has 0 fully saturated rings. The molecule has 1 aromatic rings. The quantitative estimate of drug-likeness (QED) is 0.650. The van der Waals surface area contributed by atoms with Crippen LogP contribution in [0, 0.1) is 11.3 Å². The SMILES string of the molecule is COc1ccc(OC(F)F)c(/C=C(/C#N)C(N)=O)c1. The Bertz CT molecular complexity index is 550. The fraction of sp³-hybridized carbons (Fsp3) is 0.167. The molecule has 0 spiro atoms. The molecule has 5 nitrogen and oxygen atoms in total. The first kappa shape index (κ1) is 14.4. The maximum absolute atomic E-state index is 12.2. The summed E-state index contributed by atoms with van der Waals surface area (Å²) in [6, 6.07) is 5.57. The molecule has 0 aromatic heterocycles. The lowest BCUT2D eigenvalue weighted by Gasteiger charge is -2.09. The lowest BCUT2D eigenvalue weighted by atomic mass is 10.1. The van der Waals surface area contributed by atoms with E-state index in [9.17, 15) is 13.6 Å². The highest BCUT2D eigenvalue weighted by Gasteiger charge is 2.12. The van der Waals surface area contributed by atoms with Crippen LogP contribution in [0.1, 0.15) is 5.56 Å². The number of benzene rings is 1. The Morgan fingerprint density at radius 2 is 2.21 bits per heavy atom. The number of amides is 1. The van der Waals surface area contributed by atoms with Crippen LogP contribution in [-0.2, 0) is 4.79 Å². The van der Waals surface area contributed by atoms with E-state index in [0.717, 1.165) is 6.08 Å². The fourth-order valence-electron chi connectivity index (χ4n) is 1.28. The normalized spacial score (nSPS) is 11.0. The Balaban J connectivity index is 3.29. The standard InChI is InChI=1S/C12H10F2N2O3/c1-18-9-2-3-10(19-12(13)14)7(5-9)4-8(6-15)11(16)17/h2-5,12H,1H3,(H2,16,17)/b8-4-. The number of primary amides is 1. The molecule has 1 amide bonds. The maximum atomic E-state index is 12.2. The number of nitriles is 1. The summed E-state index contributed by atoms with van der Waals surface area (Å²) < 4.78 is 33.7. The van der Waals surface area contributed by atoms with E-state index in [4.69, 9.17) is 15.7 Å². The third-order valence-corrected chi connectivity index (χ3v) is 2.12. The first-order valence-electron chi connectivity index (χ1n) is 5.02. The largest absolute Gasteiger partial charge is 0.497 e. The molecule has 7 heteroatoms. The van der Waals surface area contributed by atoms with Gasteiger partial charge in [0.05, 0.1) is 7.11 Å². The van der Waals surface area contributed by atoms with E-state index >= 15 is 0 Å². The van der Waals surface area contributed by atoms with E-state index in [2.05, 4.69) is 4.74 Å². The smallest absolute Gasteiger partial charge is 0.387 e. The molecule has 0 aliphatic carbocycles. The molecule has 0 aliphatic heterocycles. The minimum Gasteiger partial charge on any atom is -0.497 e. The number of carbonyl (C=O) groups is 1. The van der Waals surface area contributed by atoms with Gasteiger partial charge in [-0.05, 0) is 24.3 Å². The first-order valence-corrected chi connectivity index (χ1v) is 5.02. The van der Waals surface area contributed by atoms with Crippen molar-refractivity contribution < 1.29 is 23.0 Å². The number of methoxy groups -OCH3 is 1. The van der Waals surface area contributed by atoms with Gasteiger partial charge in [0.1, 0.15) is 23.1 Å². The van der Waals surface area contributed by atoms with Crippen LogP contribution in [0.25, 0.3) is 6.08 Å². The number of hydrogen-bond acceptors (Lipinski definition) is 4. The molecule has 0 radical (unpaired) electrons. The average molecular weight is 268 g/mol. The van der Waals surface area contributed by atoms with Gasteiger partial charge in [-0.3, -0.25) is 4.79 Å². The predicted octanol–water partition coefficient (Wildman–Crippen LogP) is 1.69. The van der Waals surface area contributed by atoms with Crippen LogP contribution in [-0.4, -0.2) is 19.6 Å². The molecular formula is C12H10F2N2O3. The number of rotatable bonds is 5. The Morgan fingerprint density at radius 1 is 1.53 bits per heavy atom. The van der Waals surface area contributed by atoms with E-state index in [0.29, 0.717) is 5.75 Å². The van der Waals surface area contributed by atoms with Gasteiger partial charge >= 0.3 is 6.61 Å². The van der Waals surface area contributed by atoms with Crippen molar-refractivity contribution in [1.29, 1.82) is 5.26 Å². The molecule has 0 unspecified atom stereocenters. The third kappa shape index (κ3) is 3.96. The van der Waals surface area contributed by atoms with Crippen LogP contribution in [0.5, 0.6) is 11.5 Å². The minimum absolute atomic E-state index is 0.0926. The summed E-state index contributed by atoms with van der Waals surface area (Å²) in [5.41, 5.74) is 4.68. The van der Waals surface area contributed by atoms with Crippen LogP contribution in [0.3, 0.4) is 0 Å². The van der Waals surface area contributed by atoms with Crippen molar-refractivity contribution in [2.45, 2.75) is 6.61 Å². The van der Waals surface area contributed by atoms with Crippen molar-refractivity contribution in [3.63, 3.8) is 0 Å². The summed E-state index contributed by atoms with van der Waals surface area (Å²) in [6.07, 6.45) is 1.06. The van der Waals surface area contributed by atoms with Gasteiger partial charge in [0.25, 0.3) is 5.91 Å². The van der Waals surface area contributed by atoms with Gasteiger partial charge < -0.3 is 15.2 Å². The molecular weight excluding hydrogens is 258 g/mol. The Labute approximate surface area is 107 Å². The van der Waals surface area contributed by atoms with Gasteiger partial charge in [-0.2, -0.15) is 14.0 Å². The number of nitrogens with two attached hydrogens (primary N) is 1. The van der Waals surface area contributed by atoms with Crippen LogP contribution in [0.15, 0.2) is 23.8 Å². The van der Waals surface area contributed by atoms with Gasteiger partial charge in [-0.25, -0.2) is 0 Å². The lowest BCUT2D eigenvalue weighted by molar-refractivity contribution is -0.114. The fourth-order valence-corrected chi connectivity index (χ4v) is 1.28. The van der Waals surface area contributed by atoms with Crippen LogP contribution < -0.4 is 15.2 Å². The van der Waals surface area contributed by atoms with Crippen molar-refractivity contribution in [3.05, 3.63) is 29.3 Å². The van der Waals surface area contributed by atoms with Crippen molar-refractivity contribution in [2.24, 2.45) is 5.73 Å². The molecule has 19 heavy (non-hydrogen) atoms. The molecule has 0 saturated carbocycles. The molecule has 1 rings (SSSR count). The lowest BCUT2D eigenvalue weighted by Crippen LogP contribution is -2.12. The monoisotopic (exact) mass is 268 g/mol. The summed E-state index contributed by atoms with van der Waals surface area (Å²) in [4.78, 5) is 10.9. The molecule has 2 N–H and O–H groups in total. The maximum Gasteiger partial charge on any atom is 0.387 e. The number of alkyl halides is 2. The summed E-state index contributed by atoms with van der Waals surface area (Å²) in [5, 5.41) is 8.72. The second-order valence-corrected chi connectivity index (χ2v) is 3.32. The van der Waals surface area contributed by atoms with Crippen LogP contribution >= 0.6 is 0 Å². The van der Waals surface area contributed by atoms with Crippen LogP contribution in [0.4, 0.5) is 8.78 Å². The Morgan fingerprint density at radius 3 is 2.68 bits per heavy atom. The molecule has 0 bridgehead atoms. The number of carbonyl (C=O) groups excluding carboxylic acids is 1. The summed E-state index contributed by atoms with van der Waals surface area (Å²) in [6.45, 7) is -3.03. The van der Waals surface area contributed by atoms with Crippen molar-refractivity contribution in [1.82, 2.24) is 0 Å². The highest BCUT2D eigenvalue weighted by Crippen LogP contribution is 2.27. The first-order chi connectivity index (χ1) is 8.97. The summed E-state index contributed by atoms with van der Waals surface area (Å²) >= 11 is 0. The van der Waals surface area contributed by atoms with E-state index < -0.39 is 12.5 Å². The second-order valence-electron chi connectivity index (χ2n) is 3.32. The van der Waals surface area contributed by atoms with E-state index in [1.165, 1.54) is 25.3 Å². The zero-order chi connectivity index (χ0) is 14.4. The van der Waals surface area contributed by atoms with E-state index in [-0.39, 0.29) is 16.9 Å². The molecule has 0 aliphatic rings. The Hall–Kier alpha value is -2.62. The van der Waals surface area contributed by atoms with E-state index in [1.54, 1.807) is 6.07 Å². The predicted molar refractivity (Wildman–Crippen MR) is 62.4 cm³/mol. The van der Waals surface area contributed by atoms with Gasteiger partial charge in [0.2, 0.25) is 0 Å². The van der Waals surface area contributed by atoms with Crippen molar-refractivity contribution in [3.8, 4) is 17.6 Å². The number of hydrogen-bond donors (Lipinski definition) is 1. The number of halogens is 2. The van der Waals surface area contributed by atoms with Crippen molar-refractivity contribution in [2.75, 3.05) is 7.11 Å². The number of nitrogens with zero attached hydrogens (tertiary/aromatic N) is 1. The molecule has 0 saturated heterocycles. The highest BCUT2D eigenvalue weighted by atomic mass is 19.3. The Kier molecular flexibility index (Phi) is 4.83. The highest BCUT2D eigenvalue weighted by molar-refractivity contribution is 6.00. The topological polar surface area (TPSA) is 85.3 Å². The van der Waals surface area contributed by atoms with Crippen LogP contribution in [0.2, 0.25) is 0 Å². The molecule has 0 heterocycles. The number of ether oxygens (including phenoxy) is 2. The van der Waals surface area contributed by atoms with Gasteiger partial charge in [0.15, 0.2) is 0 Å². The molecule has 1 aromatic carbocycles. The van der Waals surface area contributed by atoms with Gasteiger partial charge in [-0.15, -0.1) is 0 Å². The van der Waals surface area contributed by atoms with Gasteiger partial charge in [-0.1, -0.05) is 0 Å². The molecule has 0 atom stereocenters. The zero-order valence-corrected chi connectivity index (χ0v) is 9.89. The summed E-state index contributed by atoms with van der Waals surface area (Å²) in [7, 11) is 1.38. The zero-order valence-electron chi connectivity index (χ0n) is 9.89. The van der Waals surface area contributed by atoms with E-state index in [1.807, 2.05) is 0 Å².